The van der Waals surface area contributed by atoms with Crippen molar-refractivity contribution in [1.82, 2.24) is 13.9 Å². The molecule has 146 valence electrons. The minimum atomic E-state index is -2.17. The van der Waals surface area contributed by atoms with E-state index >= 15 is 0 Å². The molecular weight excluding hydrogens is 398 g/mol. The van der Waals surface area contributed by atoms with E-state index in [1.807, 2.05) is 18.2 Å². The van der Waals surface area contributed by atoms with Gasteiger partial charge in [0.25, 0.3) is 11.3 Å². The lowest BCUT2D eigenvalue weighted by Crippen LogP contribution is -2.57. The number of rotatable bonds is 4. The Morgan fingerprint density at radius 3 is 2.75 bits per heavy atom. The Labute approximate surface area is 169 Å². The van der Waals surface area contributed by atoms with Gasteiger partial charge in [0.1, 0.15) is 0 Å². The monoisotopic (exact) mass is 417 g/mol. The molecule has 2 aromatic heterocycles. The van der Waals surface area contributed by atoms with Crippen molar-refractivity contribution in [1.29, 1.82) is 0 Å². The van der Waals surface area contributed by atoms with Crippen LogP contribution in [0.1, 0.15) is 25.7 Å². The summed E-state index contributed by atoms with van der Waals surface area (Å²) in [6.07, 6.45) is 7.57. The quantitative estimate of drug-likeness (QED) is 0.561. The second kappa shape index (κ2) is 6.52. The molecule has 1 aromatic carbocycles. The van der Waals surface area contributed by atoms with Gasteiger partial charge in [-0.15, -0.1) is 0 Å². The maximum absolute atomic E-state index is 11.7. The van der Waals surface area contributed by atoms with Crippen molar-refractivity contribution < 1.29 is 8.76 Å². The first kappa shape index (κ1) is 18.1. The van der Waals surface area contributed by atoms with Crippen LogP contribution in [0.5, 0.6) is 0 Å². The van der Waals surface area contributed by atoms with Gasteiger partial charge in [-0.05, 0) is 37.2 Å². The molecule has 1 spiro atoms. The molecule has 0 saturated heterocycles. The molecule has 0 amide bonds. The van der Waals surface area contributed by atoms with E-state index in [0.717, 1.165) is 31.1 Å². The third-order valence-corrected chi connectivity index (χ3v) is 6.84. The summed E-state index contributed by atoms with van der Waals surface area (Å²) in [5.41, 5.74) is 8.23. The zero-order valence-corrected chi connectivity index (χ0v) is 16.6. The normalized spacial score (nSPS) is 27.4. The van der Waals surface area contributed by atoms with Crippen LogP contribution < -0.4 is 11.1 Å². The summed E-state index contributed by atoms with van der Waals surface area (Å²) < 4.78 is 22.6. The van der Waals surface area contributed by atoms with E-state index in [2.05, 4.69) is 15.3 Å². The van der Waals surface area contributed by atoms with Crippen molar-refractivity contribution in [3.8, 4) is 11.3 Å². The largest absolute Gasteiger partial charge is 0.351 e. The first-order valence-electron chi connectivity index (χ1n) is 9.21. The number of fused-ring (bicyclic) bond motifs is 1. The van der Waals surface area contributed by atoms with Gasteiger partial charge in [0.2, 0.25) is 5.95 Å². The van der Waals surface area contributed by atoms with Gasteiger partial charge < -0.3 is 11.1 Å². The molecule has 4 N–H and O–H groups in total. The fourth-order valence-corrected chi connectivity index (χ4v) is 5.47. The van der Waals surface area contributed by atoms with Crippen LogP contribution in [0.2, 0.25) is 5.02 Å². The molecule has 2 saturated carbocycles. The van der Waals surface area contributed by atoms with Crippen LogP contribution in [0, 0.1) is 5.41 Å². The first-order chi connectivity index (χ1) is 13.4. The van der Waals surface area contributed by atoms with E-state index in [4.69, 9.17) is 17.3 Å². The van der Waals surface area contributed by atoms with Crippen LogP contribution in [-0.2, 0) is 11.3 Å². The summed E-state index contributed by atoms with van der Waals surface area (Å²) in [6.45, 7) is 0. The van der Waals surface area contributed by atoms with Gasteiger partial charge in [0.05, 0.1) is 22.4 Å². The van der Waals surface area contributed by atoms with Crippen molar-refractivity contribution >= 4 is 39.7 Å². The van der Waals surface area contributed by atoms with Gasteiger partial charge in [-0.25, -0.2) is 18.1 Å². The smallest absolute Gasteiger partial charge is 0.266 e. The molecule has 9 heteroatoms. The van der Waals surface area contributed by atoms with Crippen molar-refractivity contribution in [2.75, 3.05) is 5.32 Å². The average Bonchev–Trinajstić information content (AvgIpc) is 3.00. The Morgan fingerprint density at radius 1 is 1.29 bits per heavy atom. The number of anilines is 1. The number of halogens is 1. The van der Waals surface area contributed by atoms with Gasteiger partial charge in [-0.2, -0.15) is 0 Å². The maximum Gasteiger partial charge on any atom is 0.266 e. The molecule has 0 aliphatic heterocycles. The van der Waals surface area contributed by atoms with Crippen molar-refractivity contribution in [3.05, 3.63) is 41.7 Å². The highest BCUT2D eigenvalue weighted by Gasteiger charge is 2.51. The highest BCUT2D eigenvalue weighted by atomic mass is 35.5. The number of aromatic nitrogens is 3. The van der Waals surface area contributed by atoms with Gasteiger partial charge in [0.15, 0.2) is 0 Å². The molecule has 2 aliphatic rings. The molecular formula is C19H20ClN5O2S. The van der Waals surface area contributed by atoms with Crippen LogP contribution >= 0.6 is 11.6 Å². The number of nitrogens with zero attached hydrogens (tertiary/aromatic N) is 3. The van der Waals surface area contributed by atoms with Gasteiger partial charge in [-0.3, -0.25) is 4.55 Å². The molecule has 0 radical (unpaired) electrons. The third-order valence-electron chi connectivity index (χ3n) is 5.93. The van der Waals surface area contributed by atoms with Crippen LogP contribution in [-0.4, -0.2) is 34.8 Å². The van der Waals surface area contributed by atoms with Gasteiger partial charge in [0, 0.05) is 29.2 Å². The fraction of sp³-hybridized carbons (Fsp3) is 0.368. The molecule has 2 fully saturated rings. The predicted octanol–water partition coefficient (Wildman–Crippen LogP) is 3.42. The Bertz CT molecular complexity index is 1090. The zero-order chi connectivity index (χ0) is 19.5. The molecule has 3 aromatic rings. The number of nitrogens with one attached hydrogen (secondary N) is 1. The first-order valence-corrected chi connectivity index (χ1v) is 10.6. The predicted molar refractivity (Wildman–Crippen MR) is 110 cm³/mol. The second-order valence-electron chi connectivity index (χ2n) is 7.92. The zero-order valence-electron chi connectivity index (χ0n) is 15.0. The Hall–Kier alpha value is -2.00. The number of benzene rings is 1. The van der Waals surface area contributed by atoms with E-state index in [1.165, 1.54) is 3.97 Å². The van der Waals surface area contributed by atoms with Crippen LogP contribution in [0.15, 0.2) is 36.7 Å². The van der Waals surface area contributed by atoms with Crippen molar-refractivity contribution in [3.63, 3.8) is 0 Å². The lowest BCUT2D eigenvalue weighted by atomic mass is 9.52. The molecule has 1 unspecified atom stereocenters. The van der Waals surface area contributed by atoms with E-state index in [-0.39, 0.29) is 0 Å². The Morgan fingerprint density at radius 2 is 2.04 bits per heavy atom. The maximum atomic E-state index is 11.7. The highest BCUT2D eigenvalue weighted by Crippen LogP contribution is 2.55. The Balaban J connectivity index is 1.46. The topological polar surface area (TPSA) is 106 Å². The van der Waals surface area contributed by atoms with Crippen LogP contribution in [0.4, 0.5) is 5.95 Å². The average molecular weight is 418 g/mol. The van der Waals surface area contributed by atoms with E-state index < -0.39 is 11.3 Å². The summed E-state index contributed by atoms with van der Waals surface area (Å²) in [5.74, 6) is 0.518. The Kier molecular flexibility index (Phi) is 4.20. The lowest BCUT2D eigenvalue weighted by molar-refractivity contribution is 0.000995. The SMILES string of the molecule is NC1CC2(C1)CC(Nc1ncc(Cl)c(-c3cn(S(=O)O)c4ccccc34)n1)C2. The number of hydrogen-bond acceptors (Lipinski definition) is 5. The highest BCUT2D eigenvalue weighted by molar-refractivity contribution is 7.77. The fourth-order valence-electron chi connectivity index (χ4n) is 4.75. The van der Waals surface area contributed by atoms with Crippen molar-refractivity contribution in [2.45, 2.75) is 37.8 Å². The van der Waals surface area contributed by atoms with E-state index in [9.17, 15) is 8.76 Å². The van der Waals surface area contributed by atoms with Gasteiger partial charge in [-0.1, -0.05) is 29.8 Å². The van der Waals surface area contributed by atoms with Crippen LogP contribution in [0.3, 0.4) is 0 Å². The second-order valence-corrected chi connectivity index (χ2v) is 9.19. The summed E-state index contributed by atoms with van der Waals surface area (Å²) in [6, 6.07) is 8.07. The minimum absolute atomic E-state index is 0.341. The van der Waals surface area contributed by atoms with Gasteiger partial charge >= 0.3 is 0 Å². The number of para-hydroxylation sites is 1. The molecule has 28 heavy (non-hydrogen) atoms. The molecule has 5 rings (SSSR count). The number of nitrogens with two attached hydrogens (primary N) is 1. The summed E-state index contributed by atoms with van der Waals surface area (Å²) in [5, 5.41) is 4.60. The molecule has 0 bridgehead atoms. The molecule has 7 nitrogen and oxygen atoms in total. The molecule has 2 heterocycles. The standard InChI is InChI=1S/C19H20ClN5O2S/c20-15-9-22-18(23-12-7-19(8-12)5-11(21)6-19)24-17(15)14-10-25(28(26)27)16-4-2-1-3-13(14)16/h1-4,9-12H,5-8,21H2,(H,26,27)(H,22,23,24). The minimum Gasteiger partial charge on any atom is -0.351 e. The summed E-state index contributed by atoms with van der Waals surface area (Å²) >= 11 is 4.21. The third kappa shape index (κ3) is 2.91. The summed E-state index contributed by atoms with van der Waals surface area (Å²) in [4.78, 5) is 8.94. The summed E-state index contributed by atoms with van der Waals surface area (Å²) in [7, 11) is 0. The lowest BCUT2D eigenvalue weighted by Gasteiger charge is -2.57. The van der Waals surface area contributed by atoms with E-state index in [0.29, 0.717) is 45.2 Å². The number of hydrogen-bond donors (Lipinski definition) is 3. The van der Waals surface area contributed by atoms with Crippen LogP contribution in [0.25, 0.3) is 22.2 Å². The van der Waals surface area contributed by atoms with E-state index in [1.54, 1.807) is 18.5 Å². The van der Waals surface area contributed by atoms with Crippen molar-refractivity contribution in [2.24, 2.45) is 11.1 Å². The molecule has 1 atom stereocenters. The molecule has 2 aliphatic carbocycles.